The van der Waals surface area contributed by atoms with Gasteiger partial charge in [-0.1, -0.05) is 18.7 Å². The zero-order valence-electron chi connectivity index (χ0n) is 25.4. The number of furan rings is 1. The molecule has 1 unspecified atom stereocenters. The van der Waals surface area contributed by atoms with E-state index < -0.39 is 42.3 Å². The average molecular weight is 611 g/mol. The number of methoxy groups -OCH3 is 1. The van der Waals surface area contributed by atoms with E-state index in [2.05, 4.69) is 11.9 Å². The standard InChI is InChI=1S/C31H35N2O9P/c1-16(2)21-15-17-14-19(31(6)32-20-13-11-10-12-18(20)27(34)33(31)30(3,4)5)25-22(24(17)41-21)23(28(35)38-7)26(29(36)42-25)43(37,39-8)40-9/h10-15,23,26,32H,1H2,2-9H3/t23-,26+,31?/m0/s1. The molecular weight excluding hydrogens is 575 g/mol. The van der Waals surface area contributed by atoms with Crippen molar-refractivity contribution < 1.29 is 41.9 Å². The molecule has 0 aliphatic carbocycles. The van der Waals surface area contributed by atoms with Gasteiger partial charge in [-0.25, -0.2) is 0 Å². The number of allylic oxidation sites excluding steroid dienone is 1. The molecule has 3 atom stereocenters. The second kappa shape index (κ2) is 10.4. The summed E-state index contributed by atoms with van der Waals surface area (Å²) in [4.78, 5) is 43.1. The highest BCUT2D eigenvalue weighted by Crippen LogP contribution is 2.61. The molecule has 3 aromatic rings. The second-order valence-electron chi connectivity index (χ2n) is 11.8. The number of anilines is 1. The van der Waals surface area contributed by atoms with Gasteiger partial charge in [0.1, 0.15) is 28.7 Å². The lowest BCUT2D eigenvalue weighted by Gasteiger charge is -2.53. The summed E-state index contributed by atoms with van der Waals surface area (Å²) in [5.41, 5.74) is -1.41. The van der Waals surface area contributed by atoms with Crippen molar-refractivity contribution in [3.8, 4) is 5.75 Å². The predicted octanol–water partition coefficient (Wildman–Crippen LogP) is 6.04. The molecule has 0 bridgehead atoms. The Morgan fingerprint density at radius 2 is 1.77 bits per heavy atom. The average Bonchev–Trinajstić information content (AvgIpc) is 3.39. The van der Waals surface area contributed by atoms with Crippen molar-refractivity contribution in [3.05, 3.63) is 65.4 Å². The Labute approximate surface area is 249 Å². The van der Waals surface area contributed by atoms with E-state index in [1.807, 2.05) is 26.8 Å². The number of carbonyl (C=O) groups excluding carboxylic acids is 3. The fourth-order valence-electron chi connectivity index (χ4n) is 6.18. The van der Waals surface area contributed by atoms with Gasteiger partial charge in [0.25, 0.3) is 5.91 Å². The minimum Gasteiger partial charge on any atom is -0.469 e. The van der Waals surface area contributed by atoms with E-state index in [9.17, 15) is 18.9 Å². The smallest absolute Gasteiger partial charge is 0.345 e. The summed E-state index contributed by atoms with van der Waals surface area (Å²) in [6.45, 7) is 13.2. The molecule has 1 amide bonds. The number of hydrogen-bond acceptors (Lipinski definition) is 10. The van der Waals surface area contributed by atoms with Crippen molar-refractivity contribution in [1.29, 1.82) is 0 Å². The van der Waals surface area contributed by atoms with E-state index in [4.69, 9.17) is 22.9 Å². The number of benzene rings is 2. The number of carbonyl (C=O) groups is 3. The van der Waals surface area contributed by atoms with E-state index in [1.54, 1.807) is 49.1 Å². The fourth-order valence-corrected chi connectivity index (χ4v) is 7.73. The van der Waals surface area contributed by atoms with Gasteiger partial charge < -0.3 is 33.2 Å². The third-order valence-electron chi connectivity index (χ3n) is 7.97. The number of para-hydroxylation sites is 1. The number of esters is 2. The fraction of sp³-hybridized carbons (Fsp3) is 0.387. The summed E-state index contributed by atoms with van der Waals surface area (Å²) < 4.78 is 41.5. The van der Waals surface area contributed by atoms with Crippen molar-refractivity contribution in [2.45, 2.75) is 57.4 Å². The minimum absolute atomic E-state index is 0.0260. The lowest BCUT2D eigenvalue weighted by atomic mass is 9.82. The van der Waals surface area contributed by atoms with E-state index >= 15 is 0 Å². The maximum Gasteiger partial charge on any atom is 0.345 e. The van der Waals surface area contributed by atoms with Gasteiger partial charge in [-0.3, -0.25) is 18.9 Å². The second-order valence-corrected chi connectivity index (χ2v) is 14.2. The summed E-state index contributed by atoms with van der Waals surface area (Å²) in [5.74, 6) is -3.25. The molecule has 228 valence electrons. The van der Waals surface area contributed by atoms with Crippen molar-refractivity contribution in [3.63, 3.8) is 0 Å². The highest BCUT2D eigenvalue weighted by Gasteiger charge is 2.58. The molecule has 0 saturated heterocycles. The number of nitrogens with zero attached hydrogens (tertiary/aromatic N) is 1. The lowest BCUT2D eigenvalue weighted by molar-refractivity contribution is -0.148. The third kappa shape index (κ3) is 4.58. The highest BCUT2D eigenvalue weighted by molar-refractivity contribution is 7.55. The van der Waals surface area contributed by atoms with Crippen LogP contribution in [0.15, 0.2) is 47.4 Å². The van der Waals surface area contributed by atoms with Crippen LogP contribution in [0.25, 0.3) is 16.5 Å². The minimum atomic E-state index is -4.25. The summed E-state index contributed by atoms with van der Waals surface area (Å²) in [7, 11) is -0.850. The quantitative estimate of drug-likeness (QED) is 0.200. The van der Waals surface area contributed by atoms with Gasteiger partial charge in [0.2, 0.25) is 0 Å². The first-order valence-corrected chi connectivity index (χ1v) is 15.2. The Bertz CT molecular complexity index is 1730. The van der Waals surface area contributed by atoms with Crippen LogP contribution in [0.1, 0.15) is 67.8 Å². The molecular formula is C31H35N2O9P. The van der Waals surface area contributed by atoms with Crippen LogP contribution in [0, 0.1) is 0 Å². The normalized spacial score (nSPS) is 22.0. The van der Waals surface area contributed by atoms with Crippen LogP contribution in [0.2, 0.25) is 0 Å². The first kappa shape index (κ1) is 30.5. The zero-order chi connectivity index (χ0) is 31.6. The number of hydrogen-bond donors (Lipinski definition) is 1. The Morgan fingerprint density at radius 1 is 1.12 bits per heavy atom. The van der Waals surface area contributed by atoms with Crippen LogP contribution >= 0.6 is 7.60 Å². The molecule has 0 fully saturated rings. The molecule has 5 rings (SSSR count). The molecule has 11 nitrogen and oxygen atoms in total. The lowest BCUT2D eigenvalue weighted by Crippen LogP contribution is -2.62. The number of amides is 1. The maximum absolute atomic E-state index is 14.1. The summed E-state index contributed by atoms with van der Waals surface area (Å²) in [6.07, 6.45) is 0. The van der Waals surface area contributed by atoms with Crippen LogP contribution in [0.4, 0.5) is 5.69 Å². The first-order chi connectivity index (χ1) is 20.1. The van der Waals surface area contributed by atoms with Crippen molar-refractivity contribution >= 4 is 47.7 Å². The van der Waals surface area contributed by atoms with Crippen molar-refractivity contribution in [2.24, 2.45) is 0 Å². The molecule has 0 saturated carbocycles. The Kier molecular flexibility index (Phi) is 7.36. The monoisotopic (exact) mass is 610 g/mol. The van der Waals surface area contributed by atoms with Gasteiger partial charge >= 0.3 is 19.5 Å². The van der Waals surface area contributed by atoms with Crippen LogP contribution in [0.5, 0.6) is 5.75 Å². The highest BCUT2D eigenvalue weighted by atomic mass is 31.2. The topological polar surface area (TPSA) is 134 Å². The molecule has 0 spiro atoms. The number of ether oxygens (including phenoxy) is 2. The number of fused-ring (bicyclic) bond motifs is 4. The number of nitrogens with one attached hydrogen (secondary N) is 1. The van der Waals surface area contributed by atoms with Crippen LogP contribution in [-0.4, -0.2) is 55.3 Å². The molecule has 0 radical (unpaired) electrons. The predicted molar refractivity (Wildman–Crippen MR) is 160 cm³/mol. The number of rotatable bonds is 6. The molecule has 2 aliphatic heterocycles. The van der Waals surface area contributed by atoms with Crippen molar-refractivity contribution in [1.82, 2.24) is 4.90 Å². The van der Waals surface area contributed by atoms with Gasteiger partial charge in [-0.2, -0.15) is 0 Å². The molecule has 2 aromatic carbocycles. The summed E-state index contributed by atoms with van der Waals surface area (Å²) in [6, 6.07) is 10.6. The Balaban J connectivity index is 1.92. The zero-order valence-corrected chi connectivity index (χ0v) is 26.3. The Morgan fingerprint density at radius 3 is 2.35 bits per heavy atom. The first-order valence-electron chi connectivity index (χ1n) is 13.6. The SMILES string of the molecule is C=C(C)c1cc2cc(C3(C)Nc4ccccc4C(=O)N3C(C)(C)C)c3c(c2o1)[C@H](C(=O)OC)[C@@H](P(=O)(OC)OC)C(=O)O3. The summed E-state index contributed by atoms with van der Waals surface area (Å²) >= 11 is 0. The molecule has 12 heteroatoms. The molecule has 1 aromatic heterocycles. The molecule has 2 aliphatic rings. The Hall–Kier alpha value is -3.92. The van der Waals surface area contributed by atoms with Gasteiger partial charge in [-0.15, -0.1) is 0 Å². The van der Waals surface area contributed by atoms with Gasteiger partial charge in [0, 0.05) is 36.4 Å². The molecule has 1 N–H and O–H groups in total. The van der Waals surface area contributed by atoms with Crippen LogP contribution < -0.4 is 10.1 Å². The van der Waals surface area contributed by atoms with Gasteiger partial charge in [0.15, 0.2) is 5.66 Å². The third-order valence-corrected chi connectivity index (χ3v) is 10.2. The van der Waals surface area contributed by atoms with E-state index in [1.165, 1.54) is 0 Å². The van der Waals surface area contributed by atoms with Gasteiger partial charge in [0.05, 0.1) is 18.2 Å². The van der Waals surface area contributed by atoms with Crippen molar-refractivity contribution in [2.75, 3.05) is 26.6 Å². The molecule has 43 heavy (non-hydrogen) atoms. The van der Waals surface area contributed by atoms with E-state index in [0.29, 0.717) is 33.5 Å². The van der Waals surface area contributed by atoms with E-state index in [-0.39, 0.29) is 22.8 Å². The van der Waals surface area contributed by atoms with E-state index in [0.717, 1.165) is 21.3 Å². The van der Waals surface area contributed by atoms with Crippen LogP contribution in [0.3, 0.4) is 0 Å². The largest absolute Gasteiger partial charge is 0.469 e. The maximum atomic E-state index is 14.1. The van der Waals surface area contributed by atoms with Crippen LogP contribution in [-0.2, 0) is 33.6 Å². The summed E-state index contributed by atoms with van der Waals surface area (Å²) in [5, 5.41) is 4.04. The molecule has 3 heterocycles. The van der Waals surface area contributed by atoms with Gasteiger partial charge in [-0.05, 0) is 64.5 Å².